The van der Waals surface area contributed by atoms with Crippen LogP contribution in [0.1, 0.15) is 34.8 Å². The number of furan rings is 1. The molecule has 3 aromatic carbocycles. The smallest absolute Gasteiger partial charge is 0.293 e. The van der Waals surface area contributed by atoms with Crippen LogP contribution in [-0.2, 0) is 0 Å². The van der Waals surface area contributed by atoms with Crippen LogP contribution >= 0.6 is 0 Å². The van der Waals surface area contributed by atoms with Gasteiger partial charge >= 0.3 is 0 Å². The summed E-state index contributed by atoms with van der Waals surface area (Å²) in [6, 6.07) is 19.0. The highest BCUT2D eigenvalue weighted by Crippen LogP contribution is 2.33. The topological polar surface area (TPSA) is 99.0 Å². The average molecular weight is 475 g/mol. The first kappa shape index (κ1) is 23.7. The van der Waals surface area contributed by atoms with E-state index in [-0.39, 0.29) is 11.4 Å². The number of hydrogen-bond acceptors (Lipinski definition) is 6. The zero-order valence-corrected chi connectivity index (χ0v) is 19.7. The molecular formula is C27H26N2O6. The van der Waals surface area contributed by atoms with E-state index < -0.39 is 11.8 Å². The Morgan fingerprint density at radius 1 is 0.829 bits per heavy atom. The first-order valence-electron chi connectivity index (χ1n) is 11.2. The fourth-order valence-corrected chi connectivity index (χ4v) is 3.57. The third kappa shape index (κ3) is 5.22. The zero-order chi connectivity index (χ0) is 24.8. The Morgan fingerprint density at radius 2 is 1.54 bits per heavy atom. The minimum absolute atomic E-state index is 0.00802. The van der Waals surface area contributed by atoms with Gasteiger partial charge in [0.25, 0.3) is 11.8 Å². The third-order valence-electron chi connectivity index (χ3n) is 5.19. The molecule has 180 valence electrons. The van der Waals surface area contributed by atoms with Crippen LogP contribution in [0.15, 0.2) is 71.1 Å². The predicted octanol–water partition coefficient (Wildman–Crippen LogP) is 5.74. The van der Waals surface area contributed by atoms with Gasteiger partial charge in [0.2, 0.25) is 5.76 Å². The Morgan fingerprint density at radius 3 is 2.26 bits per heavy atom. The largest absolute Gasteiger partial charge is 0.497 e. The fourth-order valence-electron chi connectivity index (χ4n) is 3.57. The van der Waals surface area contributed by atoms with Crippen molar-refractivity contribution in [3.05, 3.63) is 78.1 Å². The highest BCUT2D eigenvalue weighted by molar-refractivity contribution is 6.17. The summed E-state index contributed by atoms with van der Waals surface area (Å²) >= 11 is 0. The molecule has 0 aliphatic heterocycles. The minimum Gasteiger partial charge on any atom is -0.497 e. The Kier molecular flexibility index (Phi) is 7.21. The van der Waals surface area contributed by atoms with Crippen molar-refractivity contribution >= 4 is 34.2 Å². The summed E-state index contributed by atoms with van der Waals surface area (Å²) in [5.74, 6) is 0.769. The van der Waals surface area contributed by atoms with Crippen molar-refractivity contribution in [1.82, 2.24) is 0 Å². The molecule has 4 aromatic rings. The van der Waals surface area contributed by atoms with Gasteiger partial charge in [-0.2, -0.15) is 0 Å². The van der Waals surface area contributed by atoms with E-state index in [9.17, 15) is 9.59 Å². The maximum atomic E-state index is 13.2. The highest BCUT2D eigenvalue weighted by atomic mass is 16.5. The van der Waals surface area contributed by atoms with Crippen LogP contribution in [-0.4, -0.2) is 32.1 Å². The van der Waals surface area contributed by atoms with Crippen molar-refractivity contribution in [3.8, 4) is 17.2 Å². The number of rotatable bonds is 9. The number of carbonyl (C=O) groups is 2. The van der Waals surface area contributed by atoms with Gasteiger partial charge in [0.15, 0.2) is 11.5 Å². The van der Waals surface area contributed by atoms with E-state index in [0.29, 0.717) is 52.7 Å². The molecule has 0 fully saturated rings. The molecule has 0 spiro atoms. The Labute approximate surface area is 202 Å². The van der Waals surface area contributed by atoms with Crippen LogP contribution in [0, 0.1) is 0 Å². The quantitative estimate of drug-likeness (QED) is 0.321. The molecule has 4 rings (SSSR count). The Balaban J connectivity index is 1.64. The number of anilines is 2. The molecule has 2 N–H and O–H groups in total. The molecule has 0 aliphatic carbocycles. The van der Waals surface area contributed by atoms with Gasteiger partial charge < -0.3 is 29.3 Å². The van der Waals surface area contributed by atoms with Crippen LogP contribution in [0.2, 0.25) is 0 Å². The van der Waals surface area contributed by atoms with E-state index in [2.05, 4.69) is 10.6 Å². The van der Waals surface area contributed by atoms with Gasteiger partial charge in [0.05, 0.1) is 20.3 Å². The predicted molar refractivity (Wildman–Crippen MR) is 134 cm³/mol. The standard InChI is InChI=1S/C27H26N2O6/c1-4-33-22-15-10-17(16-23(22)34-5-2)26(30)29-24-20-8-6-7-9-21(20)35-25(24)27(31)28-18-11-13-19(32-3)14-12-18/h6-16H,4-5H2,1-3H3,(H,28,31)(H,29,30). The van der Waals surface area contributed by atoms with Gasteiger partial charge in [0, 0.05) is 16.6 Å². The molecule has 0 atom stereocenters. The van der Waals surface area contributed by atoms with Gasteiger partial charge in [-0.05, 0) is 68.4 Å². The summed E-state index contributed by atoms with van der Waals surface area (Å²) in [5, 5.41) is 6.25. The maximum Gasteiger partial charge on any atom is 0.293 e. The summed E-state index contributed by atoms with van der Waals surface area (Å²) in [4.78, 5) is 26.3. The zero-order valence-electron chi connectivity index (χ0n) is 19.7. The second-order valence-electron chi connectivity index (χ2n) is 7.47. The molecule has 8 nitrogen and oxygen atoms in total. The van der Waals surface area contributed by atoms with E-state index in [1.807, 2.05) is 19.9 Å². The normalized spacial score (nSPS) is 10.6. The lowest BCUT2D eigenvalue weighted by Crippen LogP contribution is -2.17. The number of benzene rings is 3. The molecule has 8 heteroatoms. The molecule has 1 aromatic heterocycles. The van der Waals surface area contributed by atoms with Crippen LogP contribution in [0.3, 0.4) is 0 Å². The van der Waals surface area contributed by atoms with E-state index >= 15 is 0 Å². The number of hydrogen-bond donors (Lipinski definition) is 2. The van der Waals surface area contributed by atoms with E-state index in [1.54, 1.807) is 67.8 Å². The van der Waals surface area contributed by atoms with Crippen molar-refractivity contribution < 1.29 is 28.2 Å². The van der Waals surface area contributed by atoms with Crippen LogP contribution in [0.25, 0.3) is 11.0 Å². The minimum atomic E-state index is -0.497. The van der Waals surface area contributed by atoms with Gasteiger partial charge in [-0.25, -0.2) is 0 Å². The highest BCUT2D eigenvalue weighted by Gasteiger charge is 2.23. The van der Waals surface area contributed by atoms with Gasteiger partial charge in [-0.3, -0.25) is 9.59 Å². The lowest BCUT2D eigenvalue weighted by atomic mass is 10.1. The summed E-state index contributed by atoms with van der Waals surface area (Å²) in [6.45, 7) is 4.62. The summed E-state index contributed by atoms with van der Waals surface area (Å²) in [6.07, 6.45) is 0. The first-order valence-corrected chi connectivity index (χ1v) is 11.2. The monoisotopic (exact) mass is 474 g/mol. The van der Waals surface area contributed by atoms with Crippen molar-refractivity contribution in [2.45, 2.75) is 13.8 Å². The van der Waals surface area contributed by atoms with Crippen LogP contribution in [0.4, 0.5) is 11.4 Å². The number of nitrogens with one attached hydrogen (secondary N) is 2. The van der Waals surface area contributed by atoms with E-state index in [1.165, 1.54) is 0 Å². The molecule has 0 saturated heterocycles. The van der Waals surface area contributed by atoms with E-state index in [4.69, 9.17) is 18.6 Å². The molecule has 2 amide bonds. The van der Waals surface area contributed by atoms with Gasteiger partial charge in [-0.1, -0.05) is 12.1 Å². The Bertz CT molecular complexity index is 1340. The summed E-state index contributed by atoms with van der Waals surface area (Å²) in [5.41, 5.74) is 1.66. The molecule has 0 unspecified atom stereocenters. The van der Waals surface area contributed by atoms with Crippen molar-refractivity contribution in [2.75, 3.05) is 31.0 Å². The van der Waals surface area contributed by atoms with Gasteiger partial charge in [0.1, 0.15) is 17.0 Å². The first-order chi connectivity index (χ1) is 17.0. The second kappa shape index (κ2) is 10.6. The van der Waals surface area contributed by atoms with Crippen molar-refractivity contribution in [2.24, 2.45) is 0 Å². The lowest BCUT2D eigenvalue weighted by molar-refractivity contribution is 0.0999. The molecule has 0 saturated carbocycles. The average Bonchev–Trinajstić information content (AvgIpc) is 3.24. The number of amides is 2. The molecule has 0 aliphatic rings. The van der Waals surface area contributed by atoms with Crippen molar-refractivity contribution in [3.63, 3.8) is 0 Å². The Hall–Kier alpha value is -4.46. The number of para-hydroxylation sites is 1. The molecular weight excluding hydrogens is 448 g/mol. The second-order valence-corrected chi connectivity index (χ2v) is 7.47. The molecule has 0 bridgehead atoms. The summed E-state index contributed by atoms with van der Waals surface area (Å²) < 4.78 is 22.2. The number of methoxy groups -OCH3 is 1. The third-order valence-corrected chi connectivity index (χ3v) is 5.19. The number of carbonyl (C=O) groups excluding carboxylic acids is 2. The molecule has 1 heterocycles. The van der Waals surface area contributed by atoms with Crippen LogP contribution in [0.5, 0.6) is 17.2 Å². The molecule has 0 radical (unpaired) electrons. The number of ether oxygens (including phenoxy) is 3. The fraction of sp³-hybridized carbons (Fsp3) is 0.185. The lowest BCUT2D eigenvalue weighted by Gasteiger charge is -2.12. The SMILES string of the molecule is CCOc1ccc(C(=O)Nc2c(C(=O)Nc3ccc(OC)cc3)oc3ccccc23)cc1OCC. The van der Waals surface area contributed by atoms with E-state index in [0.717, 1.165) is 0 Å². The van der Waals surface area contributed by atoms with Crippen LogP contribution < -0.4 is 24.8 Å². The van der Waals surface area contributed by atoms with Gasteiger partial charge in [-0.15, -0.1) is 0 Å². The molecule has 35 heavy (non-hydrogen) atoms. The maximum absolute atomic E-state index is 13.2. The summed E-state index contributed by atoms with van der Waals surface area (Å²) in [7, 11) is 1.57. The number of fused-ring (bicyclic) bond motifs is 1. The van der Waals surface area contributed by atoms with Crippen molar-refractivity contribution in [1.29, 1.82) is 0 Å².